The molecular weight excluding hydrogens is 322 g/mol. The summed E-state index contributed by atoms with van der Waals surface area (Å²) in [6, 6.07) is 20.7. The molecule has 0 radical (unpaired) electrons. The van der Waals surface area contributed by atoms with Crippen LogP contribution in [0.2, 0.25) is 0 Å². The molecule has 140 valence electrons. The lowest BCUT2D eigenvalue weighted by molar-refractivity contribution is -0.0356. The topological polar surface area (TPSA) is 32.7 Å². The first kappa shape index (κ1) is 19.1. The molecule has 0 saturated carbocycles. The van der Waals surface area contributed by atoms with Crippen molar-refractivity contribution in [3.8, 4) is 0 Å². The number of hydrogen-bond donors (Lipinski definition) is 1. The van der Waals surface area contributed by atoms with Crippen molar-refractivity contribution in [3.63, 3.8) is 0 Å². The maximum absolute atomic E-state index is 12.0. The van der Waals surface area contributed by atoms with Crippen LogP contribution in [0.5, 0.6) is 0 Å². The maximum atomic E-state index is 12.0. The Morgan fingerprint density at radius 2 is 1.54 bits per heavy atom. The average molecular weight is 354 g/mol. The Labute approximate surface area is 157 Å². The highest BCUT2D eigenvalue weighted by atomic mass is 16.5. The SMILES string of the molecule is CC(C)C[C@@](O)(c1ccccc1)[C@@H](CN1CCOCC1)c1ccccc1. The molecule has 2 aromatic carbocycles. The van der Waals surface area contributed by atoms with Gasteiger partial charge in [-0.1, -0.05) is 74.5 Å². The van der Waals surface area contributed by atoms with Crippen molar-refractivity contribution in [1.82, 2.24) is 4.90 Å². The van der Waals surface area contributed by atoms with Gasteiger partial charge in [0.2, 0.25) is 0 Å². The van der Waals surface area contributed by atoms with E-state index in [0.29, 0.717) is 5.92 Å². The highest BCUT2D eigenvalue weighted by Gasteiger charge is 2.40. The zero-order valence-corrected chi connectivity index (χ0v) is 16.0. The van der Waals surface area contributed by atoms with E-state index in [1.807, 2.05) is 24.3 Å². The van der Waals surface area contributed by atoms with Crippen molar-refractivity contribution in [3.05, 3.63) is 71.8 Å². The van der Waals surface area contributed by atoms with Gasteiger partial charge in [-0.05, 0) is 23.5 Å². The molecule has 3 nitrogen and oxygen atoms in total. The first-order chi connectivity index (χ1) is 12.6. The standard InChI is InChI=1S/C23H31NO2/c1-19(2)17-23(25,21-11-7-4-8-12-21)22(20-9-5-3-6-10-20)18-24-13-15-26-16-14-24/h3-12,19,22,25H,13-18H2,1-2H3/t22-,23+/m0/s1. The summed E-state index contributed by atoms with van der Waals surface area (Å²) in [6.45, 7) is 8.61. The van der Waals surface area contributed by atoms with Crippen molar-refractivity contribution in [2.45, 2.75) is 31.8 Å². The molecule has 26 heavy (non-hydrogen) atoms. The van der Waals surface area contributed by atoms with Crippen LogP contribution in [0.3, 0.4) is 0 Å². The van der Waals surface area contributed by atoms with Crippen LogP contribution in [0.15, 0.2) is 60.7 Å². The summed E-state index contributed by atoms with van der Waals surface area (Å²) >= 11 is 0. The fraction of sp³-hybridized carbons (Fsp3) is 0.478. The van der Waals surface area contributed by atoms with Crippen LogP contribution in [0.25, 0.3) is 0 Å². The van der Waals surface area contributed by atoms with Gasteiger partial charge in [-0.25, -0.2) is 0 Å². The van der Waals surface area contributed by atoms with Crippen molar-refractivity contribution < 1.29 is 9.84 Å². The summed E-state index contributed by atoms with van der Waals surface area (Å²) in [7, 11) is 0. The highest BCUT2D eigenvalue weighted by Crippen LogP contribution is 2.42. The van der Waals surface area contributed by atoms with E-state index < -0.39 is 5.60 Å². The molecule has 0 unspecified atom stereocenters. The van der Waals surface area contributed by atoms with Crippen molar-refractivity contribution in [1.29, 1.82) is 0 Å². The third kappa shape index (κ3) is 4.53. The Kier molecular flexibility index (Phi) is 6.47. The lowest BCUT2D eigenvalue weighted by atomic mass is 9.72. The predicted molar refractivity (Wildman–Crippen MR) is 106 cm³/mol. The van der Waals surface area contributed by atoms with E-state index in [2.05, 4.69) is 55.1 Å². The summed E-state index contributed by atoms with van der Waals surface area (Å²) < 4.78 is 5.52. The van der Waals surface area contributed by atoms with Crippen LogP contribution < -0.4 is 0 Å². The van der Waals surface area contributed by atoms with Crippen LogP contribution in [0.1, 0.15) is 37.3 Å². The largest absolute Gasteiger partial charge is 0.384 e. The molecule has 2 aromatic rings. The van der Waals surface area contributed by atoms with Gasteiger partial charge in [-0.3, -0.25) is 4.90 Å². The molecule has 1 saturated heterocycles. The lowest BCUT2D eigenvalue weighted by Gasteiger charge is -2.41. The molecule has 0 amide bonds. The smallest absolute Gasteiger partial charge is 0.0979 e. The van der Waals surface area contributed by atoms with E-state index in [9.17, 15) is 5.11 Å². The van der Waals surface area contributed by atoms with E-state index in [1.54, 1.807) is 0 Å². The zero-order chi connectivity index (χ0) is 18.4. The van der Waals surface area contributed by atoms with Gasteiger partial charge in [0.25, 0.3) is 0 Å². The minimum Gasteiger partial charge on any atom is -0.384 e. The fourth-order valence-electron chi connectivity index (χ4n) is 4.07. The van der Waals surface area contributed by atoms with Gasteiger partial charge < -0.3 is 9.84 Å². The number of ether oxygens (including phenoxy) is 1. The molecule has 3 heteroatoms. The number of morpholine rings is 1. The average Bonchev–Trinajstić information content (AvgIpc) is 2.67. The van der Waals surface area contributed by atoms with E-state index in [4.69, 9.17) is 4.74 Å². The van der Waals surface area contributed by atoms with Gasteiger partial charge in [-0.2, -0.15) is 0 Å². The number of rotatable bonds is 7. The first-order valence-corrected chi connectivity index (χ1v) is 9.72. The molecule has 1 heterocycles. The monoisotopic (exact) mass is 353 g/mol. The molecule has 0 aliphatic carbocycles. The predicted octanol–water partition coefficient (Wildman–Crippen LogP) is 4.04. The molecule has 1 N–H and O–H groups in total. The molecule has 1 aliphatic heterocycles. The fourth-order valence-corrected chi connectivity index (χ4v) is 4.07. The van der Waals surface area contributed by atoms with Gasteiger partial charge in [0, 0.05) is 25.6 Å². The Morgan fingerprint density at radius 3 is 2.12 bits per heavy atom. The van der Waals surface area contributed by atoms with Gasteiger partial charge in [0.15, 0.2) is 0 Å². The third-order valence-electron chi connectivity index (χ3n) is 5.32. The summed E-state index contributed by atoms with van der Waals surface area (Å²) in [5.74, 6) is 0.419. The van der Waals surface area contributed by atoms with E-state index in [0.717, 1.165) is 44.8 Å². The van der Waals surface area contributed by atoms with Gasteiger partial charge >= 0.3 is 0 Å². The van der Waals surface area contributed by atoms with Crippen LogP contribution in [0, 0.1) is 5.92 Å². The van der Waals surface area contributed by atoms with E-state index in [-0.39, 0.29) is 5.92 Å². The number of benzene rings is 2. The Bertz CT molecular complexity index is 652. The second-order valence-corrected chi connectivity index (χ2v) is 7.76. The second-order valence-electron chi connectivity index (χ2n) is 7.76. The molecule has 2 atom stereocenters. The number of hydrogen-bond acceptors (Lipinski definition) is 3. The van der Waals surface area contributed by atoms with Crippen LogP contribution in [-0.2, 0) is 10.3 Å². The van der Waals surface area contributed by atoms with Gasteiger partial charge in [-0.15, -0.1) is 0 Å². The zero-order valence-electron chi connectivity index (χ0n) is 16.0. The minimum absolute atomic E-state index is 0.0200. The third-order valence-corrected chi connectivity index (χ3v) is 5.32. The van der Waals surface area contributed by atoms with Crippen LogP contribution >= 0.6 is 0 Å². The summed E-state index contributed by atoms with van der Waals surface area (Å²) in [6.07, 6.45) is 0.737. The Morgan fingerprint density at radius 1 is 0.962 bits per heavy atom. The summed E-state index contributed by atoms with van der Waals surface area (Å²) in [4.78, 5) is 2.43. The second kappa shape index (κ2) is 8.81. The van der Waals surface area contributed by atoms with E-state index in [1.165, 1.54) is 5.56 Å². The molecule has 3 rings (SSSR count). The highest BCUT2D eigenvalue weighted by molar-refractivity contribution is 5.32. The molecule has 1 aliphatic rings. The minimum atomic E-state index is -0.894. The molecule has 1 fully saturated rings. The normalized spacial score (nSPS) is 19.2. The molecule has 0 spiro atoms. The number of aliphatic hydroxyl groups is 1. The number of nitrogens with zero attached hydrogens (tertiary/aromatic N) is 1. The summed E-state index contributed by atoms with van der Waals surface area (Å²) in [5, 5.41) is 12.0. The van der Waals surface area contributed by atoms with Crippen molar-refractivity contribution in [2.24, 2.45) is 5.92 Å². The van der Waals surface area contributed by atoms with E-state index >= 15 is 0 Å². The van der Waals surface area contributed by atoms with Gasteiger partial charge in [0.1, 0.15) is 0 Å². The Hall–Kier alpha value is -1.68. The molecule has 0 aromatic heterocycles. The summed E-state index contributed by atoms with van der Waals surface area (Å²) in [5.41, 5.74) is 1.32. The van der Waals surface area contributed by atoms with Gasteiger partial charge in [0.05, 0.1) is 18.8 Å². The first-order valence-electron chi connectivity index (χ1n) is 9.72. The van der Waals surface area contributed by atoms with Crippen molar-refractivity contribution >= 4 is 0 Å². The molecule has 0 bridgehead atoms. The van der Waals surface area contributed by atoms with Crippen LogP contribution in [-0.4, -0.2) is 42.9 Å². The quantitative estimate of drug-likeness (QED) is 0.815. The molecular formula is C23H31NO2. The van der Waals surface area contributed by atoms with Crippen molar-refractivity contribution in [2.75, 3.05) is 32.8 Å². The van der Waals surface area contributed by atoms with Crippen LogP contribution in [0.4, 0.5) is 0 Å². The maximum Gasteiger partial charge on any atom is 0.0979 e. The Balaban J connectivity index is 2.00. The lowest BCUT2D eigenvalue weighted by Crippen LogP contribution is -2.45.